The van der Waals surface area contributed by atoms with Crippen molar-refractivity contribution in [2.75, 3.05) is 0 Å². The van der Waals surface area contributed by atoms with Gasteiger partial charge in [0.05, 0.1) is 0 Å². The number of hydrogen-bond donors (Lipinski definition) is 1. The number of hydrogen-bond acceptors (Lipinski definition) is 1. The Morgan fingerprint density at radius 2 is 1.53 bits per heavy atom. The Morgan fingerprint density at radius 3 is 2.00 bits per heavy atom. The van der Waals surface area contributed by atoms with E-state index in [1.807, 2.05) is 13.0 Å². The summed E-state index contributed by atoms with van der Waals surface area (Å²) in [6, 6.07) is 5.01. The third-order valence-corrected chi connectivity index (χ3v) is 4.27. The Morgan fingerprint density at radius 1 is 1.00 bits per heavy atom. The minimum absolute atomic E-state index is 0.181. The van der Waals surface area contributed by atoms with Crippen LogP contribution in [0.15, 0.2) is 18.2 Å². The van der Waals surface area contributed by atoms with Crippen molar-refractivity contribution in [1.29, 1.82) is 0 Å². The average molecular weight is 263 g/mol. The normalized spacial score (nSPS) is 24.2. The van der Waals surface area contributed by atoms with E-state index in [2.05, 4.69) is 27.7 Å². The van der Waals surface area contributed by atoms with E-state index in [0.717, 1.165) is 24.0 Å². The number of rotatable bonds is 1. The van der Waals surface area contributed by atoms with Gasteiger partial charge in [-0.25, -0.2) is 4.39 Å². The molecule has 0 amide bonds. The highest BCUT2D eigenvalue weighted by Crippen LogP contribution is 2.53. The Balaban J connectivity index is 2.46. The molecule has 1 fully saturated rings. The average Bonchev–Trinajstić information content (AvgIpc) is 2.09. The molecule has 0 aromatic heterocycles. The first-order valence-electron chi connectivity index (χ1n) is 7.09. The number of benzene rings is 1. The smallest absolute Gasteiger partial charge is 0.123 e. The minimum Gasteiger partial charge on any atom is -0.321 e. The highest BCUT2D eigenvalue weighted by molar-refractivity contribution is 5.34. The van der Waals surface area contributed by atoms with Crippen LogP contribution in [0.3, 0.4) is 0 Å². The summed E-state index contributed by atoms with van der Waals surface area (Å²) in [6.07, 6.45) is 3.09. The maximum absolute atomic E-state index is 13.3. The van der Waals surface area contributed by atoms with Crippen LogP contribution in [0.1, 0.15) is 58.1 Å². The van der Waals surface area contributed by atoms with Crippen molar-refractivity contribution in [2.24, 2.45) is 16.6 Å². The SMILES string of the molecule is Cc1cc(F)ccc1C1(N)CC(C)(C)CC(C)(C)C1. The van der Waals surface area contributed by atoms with E-state index in [1.165, 1.54) is 12.5 Å². The van der Waals surface area contributed by atoms with Gasteiger partial charge in [0.15, 0.2) is 0 Å². The second-order valence-electron chi connectivity index (χ2n) is 7.97. The summed E-state index contributed by atoms with van der Waals surface area (Å²) >= 11 is 0. The number of halogens is 1. The van der Waals surface area contributed by atoms with Gasteiger partial charge in [-0.05, 0) is 60.3 Å². The fourth-order valence-electron chi connectivity index (χ4n) is 4.57. The first-order chi connectivity index (χ1) is 8.53. The van der Waals surface area contributed by atoms with E-state index in [-0.39, 0.29) is 22.2 Å². The lowest BCUT2D eigenvalue weighted by Crippen LogP contribution is -2.50. The van der Waals surface area contributed by atoms with Crippen molar-refractivity contribution in [3.63, 3.8) is 0 Å². The molecule has 1 aromatic carbocycles. The lowest BCUT2D eigenvalue weighted by molar-refractivity contribution is 0.0467. The van der Waals surface area contributed by atoms with E-state index >= 15 is 0 Å². The fourth-order valence-corrected chi connectivity index (χ4v) is 4.57. The Bertz CT molecular complexity index is 472. The van der Waals surface area contributed by atoms with Crippen LogP contribution in [0.4, 0.5) is 4.39 Å². The zero-order chi connectivity index (χ0) is 14.5. The van der Waals surface area contributed by atoms with Crippen LogP contribution in [-0.2, 0) is 5.54 Å². The largest absolute Gasteiger partial charge is 0.321 e. The lowest BCUT2D eigenvalue weighted by Gasteiger charge is -2.51. The fraction of sp³-hybridized carbons (Fsp3) is 0.647. The van der Waals surface area contributed by atoms with Crippen LogP contribution in [0.5, 0.6) is 0 Å². The van der Waals surface area contributed by atoms with Crippen LogP contribution >= 0.6 is 0 Å². The van der Waals surface area contributed by atoms with Gasteiger partial charge in [-0.1, -0.05) is 33.8 Å². The number of aryl methyl sites for hydroxylation is 1. The molecule has 1 aliphatic rings. The van der Waals surface area contributed by atoms with Crippen molar-refractivity contribution in [3.05, 3.63) is 35.1 Å². The Hall–Kier alpha value is -0.890. The maximum Gasteiger partial charge on any atom is 0.123 e. The molecule has 0 spiro atoms. The molecule has 2 rings (SSSR count). The predicted octanol–water partition coefficient (Wildman–Crippen LogP) is 4.52. The van der Waals surface area contributed by atoms with Gasteiger partial charge in [0.25, 0.3) is 0 Å². The molecular weight excluding hydrogens is 237 g/mol. The molecule has 19 heavy (non-hydrogen) atoms. The minimum atomic E-state index is -0.344. The van der Waals surface area contributed by atoms with Crippen LogP contribution < -0.4 is 5.73 Å². The monoisotopic (exact) mass is 263 g/mol. The van der Waals surface area contributed by atoms with Gasteiger partial charge in [-0.2, -0.15) is 0 Å². The van der Waals surface area contributed by atoms with E-state index in [4.69, 9.17) is 5.73 Å². The molecule has 0 bridgehead atoms. The van der Waals surface area contributed by atoms with Gasteiger partial charge >= 0.3 is 0 Å². The van der Waals surface area contributed by atoms with Crippen LogP contribution in [0.2, 0.25) is 0 Å². The molecule has 1 aliphatic carbocycles. The molecule has 0 unspecified atom stereocenters. The molecule has 2 N–H and O–H groups in total. The van der Waals surface area contributed by atoms with Gasteiger partial charge in [-0.3, -0.25) is 0 Å². The zero-order valence-corrected chi connectivity index (χ0v) is 12.8. The molecular formula is C17H26FN. The molecule has 0 saturated heterocycles. The first-order valence-corrected chi connectivity index (χ1v) is 7.09. The molecule has 0 radical (unpaired) electrons. The third kappa shape index (κ3) is 3.00. The molecule has 1 nitrogen and oxygen atoms in total. The molecule has 0 atom stereocenters. The van der Waals surface area contributed by atoms with E-state index in [9.17, 15) is 4.39 Å². The zero-order valence-electron chi connectivity index (χ0n) is 12.8. The molecule has 0 heterocycles. The summed E-state index contributed by atoms with van der Waals surface area (Å²) in [5.41, 5.74) is 8.93. The van der Waals surface area contributed by atoms with Gasteiger partial charge in [-0.15, -0.1) is 0 Å². The lowest BCUT2D eigenvalue weighted by atomic mass is 9.57. The van der Waals surface area contributed by atoms with Crippen molar-refractivity contribution >= 4 is 0 Å². The van der Waals surface area contributed by atoms with Crippen LogP contribution in [0.25, 0.3) is 0 Å². The molecule has 106 valence electrons. The van der Waals surface area contributed by atoms with Crippen molar-refractivity contribution < 1.29 is 4.39 Å². The van der Waals surface area contributed by atoms with Gasteiger partial charge in [0, 0.05) is 5.54 Å². The van der Waals surface area contributed by atoms with Gasteiger partial charge < -0.3 is 5.73 Å². The Kier molecular flexibility index (Phi) is 3.29. The first kappa shape index (κ1) is 14.5. The van der Waals surface area contributed by atoms with E-state index < -0.39 is 0 Å². The van der Waals surface area contributed by atoms with Gasteiger partial charge in [0.1, 0.15) is 5.82 Å². The second-order valence-corrected chi connectivity index (χ2v) is 7.97. The summed E-state index contributed by atoms with van der Waals surface area (Å²) in [6.45, 7) is 11.1. The standard InChI is InChI=1S/C17H26FN/c1-12-8-13(18)6-7-14(12)17(19)10-15(2,3)9-16(4,5)11-17/h6-8H,9-11,19H2,1-5H3. The topological polar surface area (TPSA) is 26.0 Å². The molecule has 2 heteroatoms. The van der Waals surface area contributed by atoms with Crippen molar-refractivity contribution in [2.45, 2.75) is 59.4 Å². The predicted molar refractivity (Wildman–Crippen MR) is 78.4 cm³/mol. The van der Waals surface area contributed by atoms with Crippen LogP contribution in [-0.4, -0.2) is 0 Å². The maximum atomic E-state index is 13.3. The van der Waals surface area contributed by atoms with E-state index in [0.29, 0.717) is 0 Å². The van der Waals surface area contributed by atoms with E-state index in [1.54, 1.807) is 6.07 Å². The van der Waals surface area contributed by atoms with Crippen molar-refractivity contribution in [3.8, 4) is 0 Å². The van der Waals surface area contributed by atoms with Gasteiger partial charge in [0.2, 0.25) is 0 Å². The summed E-state index contributed by atoms with van der Waals surface area (Å²) < 4.78 is 13.3. The quantitative estimate of drug-likeness (QED) is 0.791. The second kappa shape index (κ2) is 4.31. The summed E-state index contributed by atoms with van der Waals surface area (Å²) in [7, 11) is 0. The molecule has 0 aliphatic heterocycles. The molecule has 1 aromatic rings. The number of nitrogens with two attached hydrogens (primary N) is 1. The highest BCUT2D eigenvalue weighted by atomic mass is 19.1. The summed E-state index contributed by atoms with van der Waals surface area (Å²) in [5.74, 6) is -0.181. The van der Waals surface area contributed by atoms with Crippen molar-refractivity contribution in [1.82, 2.24) is 0 Å². The highest BCUT2D eigenvalue weighted by Gasteiger charge is 2.46. The molecule has 1 saturated carbocycles. The Labute approximate surface area is 116 Å². The van der Waals surface area contributed by atoms with Crippen LogP contribution in [0, 0.1) is 23.6 Å². The third-order valence-electron chi connectivity index (χ3n) is 4.27. The summed E-state index contributed by atoms with van der Waals surface area (Å²) in [4.78, 5) is 0. The summed E-state index contributed by atoms with van der Waals surface area (Å²) in [5, 5.41) is 0.